The van der Waals surface area contributed by atoms with E-state index in [1.165, 1.54) is 0 Å². The number of nitrogens with two attached hydrogens (primary N) is 1. The number of hydrogen-bond donors (Lipinski definition) is 1. The minimum Gasteiger partial charge on any atom is -0.368 e. The molecule has 0 saturated carbocycles. The number of nitrogens with zero attached hydrogens (tertiary/aromatic N) is 4. The summed E-state index contributed by atoms with van der Waals surface area (Å²) in [5.74, 6) is 1.88. The number of likely N-dealkylation sites (N-methyl/N-ethyl adjacent to an activating group) is 1. The second-order valence-electron chi connectivity index (χ2n) is 5.46. The summed E-state index contributed by atoms with van der Waals surface area (Å²) >= 11 is 0. The molecule has 0 spiro atoms. The maximum absolute atomic E-state index is 5.75. The fourth-order valence-electron chi connectivity index (χ4n) is 1.68. The predicted molar refractivity (Wildman–Crippen MR) is 74.4 cm³/mol. The number of nitrogen functional groups attached to an aromatic ring is 1. The van der Waals surface area contributed by atoms with Crippen molar-refractivity contribution >= 4 is 5.95 Å². The van der Waals surface area contributed by atoms with E-state index in [4.69, 9.17) is 5.73 Å². The number of hydrogen-bond acceptors (Lipinski definition) is 5. The topological polar surface area (TPSA) is 67.9 Å². The third-order valence-electron chi connectivity index (χ3n) is 2.92. The van der Waals surface area contributed by atoms with Gasteiger partial charge >= 0.3 is 0 Å². The van der Waals surface area contributed by atoms with Gasteiger partial charge in [-0.3, -0.25) is 0 Å². The van der Waals surface area contributed by atoms with Crippen molar-refractivity contribution in [3.63, 3.8) is 0 Å². The number of aromatic nitrogens is 3. The first-order valence-corrected chi connectivity index (χ1v) is 6.60. The third-order valence-corrected chi connectivity index (χ3v) is 2.92. The normalized spacial score (nSPS) is 12.1. The lowest BCUT2D eigenvalue weighted by Crippen LogP contribution is -2.27. The van der Waals surface area contributed by atoms with E-state index < -0.39 is 0 Å². The molecule has 1 aromatic heterocycles. The smallest absolute Gasteiger partial charge is 0.223 e. The molecule has 0 amide bonds. The summed E-state index contributed by atoms with van der Waals surface area (Å²) in [6, 6.07) is 0. The van der Waals surface area contributed by atoms with E-state index in [2.05, 4.69) is 54.5 Å². The molecule has 0 aliphatic heterocycles. The summed E-state index contributed by atoms with van der Waals surface area (Å²) < 4.78 is 0. The third kappa shape index (κ3) is 4.22. The molecule has 0 radical (unpaired) electrons. The molecular formula is C13H25N5. The summed E-state index contributed by atoms with van der Waals surface area (Å²) in [6.07, 6.45) is 0.817. The molecule has 0 fully saturated rings. The van der Waals surface area contributed by atoms with E-state index in [-0.39, 0.29) is 5.41 Å². The van der Waals surface area contributed by atoms with Gasteiger partial charge in [0.25, 0.3) is 0 Å². The van der Waals surface area contributed by atoms with Gasteiger partial charge in [-0.2, -0.15) is 9.97 Å². The largest absolute Gasteiger partial charge is 0.368 e. The standard InChI is InChI=1S/C13H25N5/c1-6-18(7-2)9-8-10-15-11(13(3,4)5)17-12(14)16-10/h6-9H2,1-5H3,(H2,14,15,16,17). The van der Waals surface area contributed by atoms with Crippen molar-refractivity contribution in [2.45, 2.75) is 46.5 Å². The highest BCUT2D eigenvalue weighted by atomic mass is 15.1. The summed E-state index contributed by atoms with van der Waals surface area (Å²) in [7, 11) is 0. The Morgan fingerprint density at radius 2 is 1.67 bits per heavy atom. The molecule has 0 bridgehead atoms. The van der Waals surface area contributed by atoms with Crippen LogP contribution in [0.3, 0.4) is 0 Å². The Labute approximate surface area is 110 Å². The van der Waals surface area contributed by atoms with Crippen LogP contribution < -0.4 is 5.73 Å². The maximum Gasteiger partial charge on any atom is 0.223 e. The van der Waals surface area contributed by atoms with E-state index in [0.717, 1.165) is 37.7 Å². The van der Waals surface area contributed by atoms with Gasteiger partial charge in [0.1, 0.15) is 11.6 Å². The van der Waals surface area contributed by atoms with Crippen LogP contribution in [0.1, 0.15) is 46.3 Å². The van der Waals surface area contributed by atoms with Gasteiger partial charge in [-0.1, -0.05) is 34.6 Å². The molecule has 1 heterocycles. The van der Waals surface area contributed by atoms with Crippen LogP contribution in [-0.2, 0) is 11.8 Å². The fourth-order valence-corrected chi connectivity index (χ4v) is 1.68. The van der Waals surface area contributed by atoms with Crippen LogP contribution in [0, 0.1) is 0 Å². The van der Waals surface area contributed by atoms with Gasteiger partial charge in [-0.25, -0.2) is 4.98 Å². The molecular weight excluding hydrogens is 226 g/mol. The molecule has 102 valence electrons. The van der Waals surface area contributed by atoms with Gasteiger partial charge in [0.2, 0.25) is 5.95 Å². The van der Waals surface area contributed by atoms with Crippen LogP contribution in [0.4, 0.5) is 5.95 Å². The second kappa shape index (κ2) is 6.09. The zero-order valence-electron chi connectivity index (χ0n) is 12.2. The molecule has 0 aliphatic rings. The van der Waals surface area contributed by atoms with Gasteiger partial charge in [0, 0.05) is 18.4 Å². The zero-order valence-corrected chi connectivity index (χ0v) is 12.2. The zero-order chi connectivity index (χ0) is 13.8. The Balaban J connectivity index is 2.81. The Morgan fingerprint density at radius 1 is 1.06 bits per heavy atom. The first-order chi connectivity index (χ1) is 8.36. The molecule has 0 aliphatic carbocycles. The van der Waals surface area contributed by atoms with Gasteiger partial charge in [0.05, 0.1) is 0 Å². The molecule has 18 heavy (non-hydrogen) atoms. The van der Waals surface area contributed by atoms with E-state index in [1.54, 1.807) is 0 Å². The van der Waals surface area contributed by atoms with Gasteiger partial charge in [-0.05, 0) is 13.1 Å². The van der Waals surface area contributed by atoms with E-state index in [9.17, 15) is 0 Å². The second-order valence-corrected chi connectivity index (χ2v) is 5.46. The SMILES string of the molecule is CCN(CC)CCc1nc(N)nc(C(C)(C)C)n1. The van der Waals surface area contributed by atoms with Crippen molar-refractivity contribution in [2.75, 3.05) is 25.4 Å². The van der Waals surface area contributed by atoms with Gasteiger partial charge < -0.3 is 10.6 Å². The summed E-state index contributed by atoms with van der Waals surface area (Å²) in [4.78, 5) is 15.3. The first-order valence-electron chi connectivity index (χ1n) is 6.60. The van der Waals surface area contributed by atoms with Crippen LogP contribution in [0.5, 0.6) is 0 Å². The molecule has 1 aromatic rings. The van der Waals surface area contributed by atoms with Crippen LogP contribution in [0.2, 0.25) is 0 Å². The molecule has 5 heteroatoms. The average molecular weight is 251 g/mol. The summed E-state index contributed by atoms with van der Waals surface area (Å²) in [5, 5.41) is 0. The Morgan fingerprint density at radius 3 is 2.17 bits per heavy atom. The molecule has 1 rings (SSSR count). The Bertz CT molecular complexity index is 379. The summed E-state index contributed by atoms with van der Waals surface area (Å²) in [6.45, 7) is 13.6. The molecule has 0 unspecified atom stereocenters. The highest BCUT2D eigenvalue weighted by Crippen LogP contribution is 2.18. The number of anilines is 1. The summed E-state index contributed by atoms with van der Waals surface area (Å²) in [5.41, 5.74) is 5.66. The van der Waals surface area contributed by atoms with Crippen LogP contribution in [-0.4, -0.2) is 39.5 Å². The lowest BCUT2D eigenvalue weighted by Gasteiger charge is -2.19. The fraction of sp³-hybridized carbons (Fsp3) is 0.769. The Kier molecular flexibility index (Phi) is 5.02. The quantitative estimate of drug-likeness (QED) is 0.861. The van der Waals surface area contributed by atoms with Crippen molar-refractivity contribution in [1.82, 2.24) is 19.9 Å². The van der Waals surface area contributed by atoms with Gasteiger partial charge in [-0.15, -0.1) is 0 Å². The minimum atomic E-state index is -0.0962. The van der Waals surface area contributed by atoms with Gasteiger partial charge in [0.15, 0.2) is 0 Å². The lowest BCUT2D eigenvalue weighted by atomic mass is 9.96. The van der Waals surface area contributed by atoms with E-state index in [0.29, 0.717) is 5.95 Å². The van der Waals surface area contributed by atoms with Crippen molar-refractivity contribution in [3.8, 4) is 0 Å². The maximum atomic E-state index is 5.75. The predicted octanol–water partition coefficient (Wildman–Crippen LogP) is 1.64. The van der Waals surface area contributed by atoms with Crippen LogP contribution in [0.15, 0.2) is 0 Å². The van der Waals surface area contributed by atoms with Crippen molar-refractivity contribution in [1.29, 1.82) is 0 Å². The molecule has 2 N–H and O–H groups in total. The van der Waals surface area contributed by atoms with E-state index >= 15 is 0 Å². The highest BCUT2D eigenvalue weighted by Gasteiger charge is 2.19. The number of rotatable bonds is 5. The molecule has 0 aromatic carbocycles. The van der Waals surface area contributed by atoms with Crippen LogP contribution in [0.25, 0.3) is 0 Å². The van der Waals surface area contributed by atoms with Crippen molar-refractivity contribution in [3.05, 3.63) is 11.6 Å². The molecule has 5 nitrogen and oxygen atoms in total. The monoisotopic (exact) mass is 251 g/mol. The molecule has 0 atom stereocenters. The van der Waals surface area contributed by atoms with Crippen LogP contribution >= 0.6 is 0 Å². The highest BCUT2D eigenvalue weighted by molar-refractivity contribution is 5.19. The Hall–Kier alpha value is -1.23. The van der Waals surface area contributed by atoms with Crippen molar-refractivity contribution < 1.29 is 0 Å². The average Bonchev–Trinajstić information content (AvgIpc) is 2.28. The van der Waals surface area contributed by atoms with Crippen molar-refractivity contribution in [2.24, 2.45) is 0 Å². The first kappa shape index (κ1) is 14.8. The van der Waals surface area contributed by atoms with E-state index in [1.807, 2.05) is 0 Å². The minimum absolute atomic E-state index is 0.0962. The molecule has 0 saturated heterocycles. The lowest BCUT2D eigenvalue weighted by molar-refractivity contribution is 0.305.